The van der Waals surface area contributed by atoms with Crippen LogP contribution < -0.4 is 10.6 Å². The summed E-state index contributed by atoms with van der Waals surface area (Å²) < 4.78 is 1.65. The molecule has 0 atom stereocenters. The minimum Gasteiger partial charge on any atom is -0.373 e. The van der Waals surface area contributed by atoms with Crippen molar-refractivity contribution in [1.82, 2.24) is 24.7 Å². The summed E-state index contributed by atoms with van der Waals surface area (Å²) >= 11 is 0. The van der Waals surface area contributed by atoms with Gasteiger partial charge in [-0.05, 0) is 29.8 Å². The molecule has 8 nitrogen and oxygen atoms in total. The lowest BCUT2D eigenvalue weighted by Gasteiger charge is -2.05. The van der Waals surface area contributed by atoms with E-state index in [9.17, 15) is 4.79 Å². The number of aryl methyl sites for hydroxylation is 1. The largest absolute Gasteiger partial charge is 0.373 e. The van der Waals surface area contributed by atoms with Crippen LogP contribution in [-0.2, 0) is 11.8 Å². The van der Waals surface area contributed by atoms with Gasteiger partial charge in [0.25, 0.3) is 0 Å². The fourth-order valence-corrected chi connectivity index (χ4v) is 3.08. The van der Waals surface area contributed by atoms with E-state index in [-0.39, 0.29) is 5.91 Å². The van der Waals surface area contributed by atoms with Crippen molar-refractivity contribution in [1.29, 1.82) is 0 Å². The summed E-state index contributed by atoms with van der Waals surface area (Å²) in [6, 6.07) is 5.97. The first kappa shape index (κ1) is 17.5. The molecule has 4 aromatic rings. The number of amides is 1. The van der Waals surface area contributed by atoms with Crippen LogP contribution in [0.15, 0.2) is 55.6 Å². The molecule has 0 saturated heterocycles. The van der Waals surface area contributed by atoms with Crippen molar-refractivity contribution in [3.8, 4) is 22.3 Å². The second-order valence-corrected chi connectivity index (χ2v) is 6.26. The van der Waals surface area contributed by atoms with Crippen molar-refractivity contribution in [2.24, 2.45) is 7.05 Å². The maximum atomic E-state index is 11.7. The van der Waals surface area contributed by atoms with Crippen LogP contribution in [0.4, 0.5) is 11.6 Å². The van der Waals surface area contributed by atoms with Gasteiger partial charge in [-0.1, -0.05) is 6.58 Å². The van der Waals surface area contributed by atoms with E-state index in [1.54, 1.807) is 24.1 Å². The van der Waals surface area contributed by atoms with E-state index in [0.717, 1.165) is 39.1 Å². The average Bonchev–Trinajstić information content (AvgIpc) is 3.30. The van der Waals surface area contributed by atoms with E-state index < -0.39 is 0 Å². The minimum atomic E-state index is -0.312. The lowest BCUT2D eigenvalue weighted by molar-refractivity contribution is -0.111. The molecule has 28 heavy (non-hydrogen) atoms. The topological polar surface area (TPSA) is 101 Å². The summed E-state index contributed by atoms with van der Waals surface area (Å²) in [5.41, 5.74) is 4.45. The Labute approximate surface area is 161 Å². The van der Waals surface area contributed by atoms with E-state index in [1.165, 1.54) is 6.08 Å². The van der Waals surface area contributed by atoms with Crippen molar-refractivity contribution in [3.05, 3.63) is 55.6 Å². The molecule has 3 N–H and O–H groups in total. The molecule has 1 amide bonds. The van der Waals surface area contributed by atoms with Crippen LogP contribution in [0.1, 0.15) is 0 Å². The quantitative estimate of drug-likeness (QED) is 0.467. The standard InChI is InChI=1S/C20H19N7O/c1-4-18(28)25-20-16(11-27(3)26-20)13-7-14-15(10-24-19(14)23-9-13)12-5-6-22-17(8-12)21-2/h4-11H,1H2,2-3H3,(H,21,22)(H,23,24)(H,25,26,28). The fourth-order valence-electron chi connectivity index (χ4n) is 3.08. The van der Waals surface area contributed by atoms with Crippen LogP contribution in [0, 0.1) is 0 Å². The summed E-state index contributed by atoms with van der Waals surface area (Å²) in [5, 5.41) is 11.1. The molecule has 0 fully saturated rings. The number of fused-ring (bicyclic) bond motifs is 1. The smallest absolute Gasteiger partial charge is 0.248 e. The SMILES string of the molecule is C=CC(=O)Nc1nn(C)cc1-c1cnc2[nH]cc(-c3ccnc(NC)c3)c2c1. The number of rotatable bonds is 5. The maximum absolute atomic E-state index is 11.7. The molecule has 0 unspecified atom stereocenters. The first-order chi connectivity index (χ1) is 13.6. The Balaban J connectivity index is 1.83. The van der Waals surface area contributed by atoms with Gasteiger partial charge in [0.15, 0.2) is 5.82 Å². The highest BCUT2D eigenvalue weighted by atomic mass is 16.1. The van der Waals surface area contributed by atoms with E-state index in [1.807, 2.05) is 37.6 Å². The number of carbonyl (C=O) groups is 1. The molecular weight excluding hydrogens is 354 g/mol. The Morgan fingerprint density at radius 1 is 1.25 bits per heavy atom. The van der Waals surface area contributed by atoms with Crippen LogP contribution in [0.25, 0.3) is 33.3 Å². The van der Waals surface area contributed by atoms with Gasteiger partial charge in [-0.3, -0.25) is 9.48 Å². The first-order valence-corrected chi connectivity index (χ1v) is 8.68. The van der Waals surface area contributed by atoms with Crippen LogP contribution in [0.2, 0.25) is 0 Å². The van der Waals surface area contributed by atoms with Crippen molar-refractivity contribution in [2.75, 3.05) is 17.7 Å². The molecule has 0 aromatic carbocycles. The Morgan fingerprint density at radius 3 is 2.89 bits per heavy atom. The van der Waals surface area contributed by atoms with Gasteiger partial charge in [-0.2, -0.15) is 5.10 Å². The van der Waals surface area contributed by atoms with Crippen molar-refractivity contribution in [3.63, 3.8) is 0 Å². The Bertz CT molecular complexity index is 1190. The lowest BCUT2D eigenvalue weighted by atomic mass is 10.0. The number of hydrogen-bond acceptors (Lipinski definition) is 5. The number of carbonyl (C=O) groups excluding carboxylic acids is 1. The summed E-state index contributed by atoms with van der Waals surface area (Å²) in [4.78, 5) is 23.7. The van der Waals surface area contributed by atoms with Gasteiger partial charge in [0.05, 0.1) is 0 Å². The molecule has 0 aliphatic rings. The first-order valence-electron chi connectivity index (χ1n) is 8.68. The third-order valence-corrected chi connectivity index (χ3v) is 4.42. The monoisotopic (exact) mass is 373 g/mol. The van der Waals surface area contributed by atoms with E-state index >= 15 is 0 Å². The highest BCUT2D eigenvalue weighted by Gasteiger charge is 2.15. The number of nitrogens with one attached hydrogen (secondary N) is 3. The minimum absolute atomic E-state index is 0.312. The highest BCUT2D eigenvalue weighted by molar-refractivity contribution is 6.02. The zero-order valence-corrected chi connectivity index (χ0v) is 15.5. The zero-order chi connectivity index (χ0) is 19.7. The Kier molecular flexibility index (Phi) is 4.36. The van der Waals surface area contributed by atoms with E-state index in [0.29, 0.717) is 5.82 Å². The number of nitrogens with zero attached hydrogens (tertiary/aromatic N) is 4. The van der Waals surface area contributed by atoms with Gasteiger partial charge in [-0.15, -0.1) is 0 Å². The Hall–Kier alpha value is -3.94. The molecule has 0 spiro atoms. The molecule has 4 rings (SSSR count). The molecule has 140 valence electrons. The zero-order valence-electron chi connectivity index (χ0n) is 15.5. The van der Waals surface area contributed by atoms with E-state index in [4.69, 9.17) is 0 Å². The number of aromatic nitrogens is 5. The van der Waals surface area contributed by atoms with Gasteiger partial charge >= 0.3 is 0 Å². The summed E-state index contributed by atoms with van der Waals surface area (Å²) in [5.74, 6) is 0.942. The Morgan fingerprint density at radius 2 is 2.11 bits per heavy atom. The number of pyridine rings is 2. The van der Waals surface area contributed by atoms with Gasteiger partial charge in [0, 0.05) is 61.0 Å². The van der Waals surface area contributed by atoms with Crippen molar-refractivity contribution in [2.45, 2.75) is 0 Å². The predicted molar refractivity (Wildman–Crippen MR) is 110 cm³/mol. The van der Waals surface area contributed by atoms with Crippen molar-refractivity contribution < 1.29 is 4.79 Å². The normalized spacial score (nSPS) is 10.8. The lowest BCUT2D eigenvalue weighted by Crippen LogP contribution is -2.09. The van der Waals surface area contributed by atoms with Gasteiger partial charge < -0.3 is 15.6 Å². The number of aromatic amines is 1. The van der Waals surface area contributed by atoms with Crippen LogP contribution >= 0.6 is 0 Å². The predicted octanol–water partition coefficient (Wildman–Crippen LogP) is 3.19. The molecule has 0 bridgehead atoms. The van der Waals surface area contributed by atoms with Gasteiger partial charge in [0.2, 0.25) is 5.91 Å². The number of anilines is 2. The molecule has 0 aliphatic carbocycles. The molecule has 8 heteroatoms. The van der Waals surface area contributed by atoms with E-state index in [2.05, 4.69) is 37.3 Å². The van der Waals surface area contributed by atoms with Crippen molar-refractivity contribution >= 4 is 28.6 Å². The highest BCUT2D eigenvalue weighted by Crippen LogP contribution is 2.33. The molecule has 0 aliphatic heterocycles. The average molecular weight is 373 g/mol. The third kappa shape index (κ3) is 3.11. The summed E-state index contributed by atoms with van der Waals surface area (Å²) in [6.07, 6.45) is 8.52. The van der Waals surface area contributed by atoms with Gasteiger partial charge in [-0.25, -0.2) is 9.97 Å². The number of H-pyrrole nitrogens is 1. The van der Waals surface area contributed by atoms with Crippen LogP contribution in [0.3, 0.4) is 0 Å². The molecule has 4 heterocycles. The molecule has 0 radical (unpaired) electrons. The summed E-state index contributed by atoms with van der Waals surface area (Å²) in [6.45, 7) is 3.49. The van der Waals surface area contributed by atoms with Gasteiger partial charge in [0.1, 0.15) is 11.5 Å². The second-order valence-electron chi connectivity index (χ2n) is 6.26. The fraction of sp³-hybridized carbons (Fsp3) is 0.100. The molecule has 0 saturated carbocycles. The maximum Gasteiger partial charge on any atom is 0.248 e. The molecule has 4 aromatic heterocycles. The second kappa shape index (κ2) is 6.99. The third-order valence-electron chi connectivity index (χ3n) is 4.42. The van der Waals surface area contributed by atoms with Crippen LogP contribution in [-0.4, -0.2) is 37.7 Å². The van der Waals surface area contributed by atoms with Crippen LogP contribution in [0.5, 0.6) is 0 Å². The molecular formula is C20H19N7O. The summed E-state index contributed by atoms with van der Waals surface area (Å²) in [7, 11) is 3.64. The number of hydrogen-bond donors (Lipinski definition) is 3.